The summed E-state index contributed by atoms with van der Waals surface area (Å²) in [4.78, 5) is 10.7. The molecule has 1 N–H and O–H groups in total. The van der Waals surface area contributed by atoms with Crippen LogP contribution in [0.25, 0.3) is 10.8 Å². The lowest BCUT2D eigenvalue weighted by molar-refractivity contribution is -0.136. The Hall–Kier alpha value is -1.83. The molecule has 0 atom stereocenters. The van der Waals surface area contributed by atoms with Crippen molar-refractivity contribution in [3.63, 3.8) is 0 Å². The fraction of sp³-hybridized carbons (Fsp3) is 0.0833. The molecular weight excluding hydrogens is 176 g/mol. The molecule has 0 radical (unpaired) electrons. The van der Waals surface area contributed by atoms with E-state index in [9.17, 15) is 4.79 Å². The molecule has 2 nitrogen and oxygen atoms in total. The molecular formula is C12H10O2. The van der Waals surface area contributed by atoms with Crippen LogP contribution in [-0.4, -0.2) is 11.1 Å². The first kappa shape index (κ1) is 7.56. The minimum atomic E-state index is -0.903. The Morgan fingerprint density at radius 1 is 1.29 bits per heavy atom. The number of carboxylic acid groups (broad SMARTS) is 1. The van der Waals surface area contributed by atoms with Crippen LogP contribution in [-0.2, 0) is 11.2 Å². The van der Waals surface area contributed by atoms with E-state index in [-0.39, 0.29) is 12.5 Å². The van der Waals surface area contributed by atoms with Crippen molar-refractivity contribution < 1.29 is 11.3 Å². The number of benzene rings is 2. The normalized spacial score (nSPS) is 11.3. The lowest BCUT2D eigenvalue weighted by Crippen LogP contribution is -2.00. The molecule has 14 heavy (non-hydrogen) atoms. The summed E-state index contributed by atoms with van der Waals surface area (Å²) in [5, 5.41) is 10.6. The van der Waals surface area contributed by atoms with Gasteiger partial charge in [-0.15, -0.1) is 0 Å². The third-order valence-corrected chi connectivity index (χ3v) is 2.13. The molecule has 70 valence electrons. The third kappa shape index (κ3) is 1.59. The number of carbonyl (C=O) groups is 1. The average Bonchev–Trinajstić information content (AvgIpc) is 2.22. The van der Waals surface area contributed by atoms with Crippen LogP contribution in [0.2, 0.25) is 0 Å². The molecule has 0 bridgehead atoms. The van der Waals surface area contributed by atoms with E-state index in [1.54, 1.807) is 6.07 Å². The van der Waals surface area contributed by atoms with Crippen LogP contribution >= 0.6 is 0 Å². The van der Waals surface area contributed by atoms with Gasteiger partial charge in [-0.2, -0.15) is 0 Å². The van der Waals surface area contributed by atoms with Crippen molar-refractivity contribution in [1.29, 1.82) is 0 Å². The molecule has 0 aliphatic rings. The molecule has 0 aromatic heterocycles. The van der Waals surface area contributed by atoms with Gasteiger partial charge in [0, 0.05) is 0 Å². The summed E-state index contributed by atoms with van der Waals surface area (Å²) in [5.41, 5.74) is 0.584. The van der Waals surface area contributed by atoms with Crippen LogP contribution in [0.5, 0.6) is 0 Å². The molecule has 2 aromatic carbocycles. The maximum absolute atomic E-state index is 10.7. The van der Waals surface area contributed by atoms with E-state index in [0.717, 1.165) is 10.8 Å². The van der Waals surface area contributed by atoms with E-state index >= 15 is 0 Å². The van der Waals surface area contributed by atoms with Gasteiger partial charge in [0.15, 0.2) is 0 Å². The van der Waals surface area contributed by atoms with Crippen LogP contribution < -0.4 is 0 Å². The number of aliphatic carboxylic acids is 1. The lowest BCUT2D eigenvalue weighted by Gasteiger charge is -2.02. The van der Waals surface area contributed by atoms with Crippen molar-refractivity contribution in [3.05, 3.63) is 48.0 Å². The zero-order chi connectivity index (χ0) is 10.8. The molecule has 0 spiro atoms. The number of hydrogen-bond acceptors (Lipinski definition) is 1. The molecule has 0 saturated carbocycles. The average molecular weight is 187 g/mol. The molecule has 0 aliphatic heterocycles. The second-order valence-corrected chi connectivity index (χ2v) is 3.11. The van der Waals surface area contributed by atoms with Crippen LogP contribution in [0.3, 0.4) is 0 Å². The summed E-state index contributed by atoms with van der Waals surface area (Å²) in [6.45, 7) is 0. The van der Waals surface area contributed by atoms with Gasteiger partial charge in [-0.05, 0) is 16.3 Å². The van der Waals surface area contributed by atoms with Gasteiger partial charge in [-0.1, -0.05) is 42.4 Å². The Bertz CT molecular complexity index is 520. The molecule has 0 saturated heterocycles. The zero-order valence-electron chi connectivity index (χ0n) is 8.53. The molecule has 0 unspecified atom stereocenters. The summed E-state index contributed by atoms with van der Waals surface area (Å²) in [5.74, 6) is -0.903. The summed E-state index contributed by atoms with van der Waals surface area (Å²) in [7, 11) is 0. The highest BCUT2D eigenvalue weighted by atomic mass is 16.4. The van der Waals surface area contributed by atoms with Gasteiger partial charge >= 0.3 is 5.97 Å². The fourth-order valence-corrected chi connectivity index (χ4v) is 1.52. The highest BCUT2D eigenvalue weighted by molar-refractivity contribution is 5.88. The Kier molecular flexibility index (Phi) is 1.89. The topological polar surface area (TPSA) is 37.3 Å². The number of hydrogen-bond donors (Lipinski definition) is 1. The Morgan fingerprint density at radius 3 is 2.79 bits per heavy atom. The quantitative estimate of drug-likeness (QED) is 0.784. The van der Waals surface area contributed by atoms with Gasteiger partial charge in [0.05, 0.1) is 7.79 Å². The first-order chi connectivity index (χ1) is 7.18. The second kappa shape index (κ2) is 3.50. The van der Waals surface area contributed by atoms with Crippen molar-refractivity contribution in [2.75, 3.05) is 0 Å². The van der Waals surface area contributed by atoms with E-state index in [1.165, 1.54) is 0 Å². The van der Waals surface area contributed by atoms with E-state index in [4.69, 9.17) is 6.48 Å². The third-order valence-electron chi connectivity index (χ3n) is 2.13. The molecule has 0 amide bonds. The molecule has 2 heteroatoms. The number of rotatable bonds is 2. The predicted molar refractivity (Wildman–Crippen MR) is 55.3 cm³/mol. The van der Waals surface area contributed by atoms with Gasteiger partial charge in [-0.3, -0.25) is 4.79 Å². The summed E-state index contributed by atoms with van der Waals surface area (Å²) < 4.78 is 7.68. The molecule has 0 fully saturated rings. The van der Waals surface area contributed by atoms with Gasteiger partial charge in [-0.25, -0.2) is 0 Å². The SMILES string of the molecule is [2H]c1ccc2ccccc2c1CC(=O)O. The fourth-order valence-electron chi connectivity index (χ4n) is 1.52. The predicted octanol–water partition coefficient (Wildman–Crippen LogP) is 2.47. The molecule has 2 aromatic rings. The Morgan fingerprint density at radius 2 is 2.00 bits per heavy atom. The van der Waals surface area contributed by atoms with E-state index in [0.29, 0.717) is 5.56 Å². The van der Waals surface area contributed by atoms with Gasteiger partial charge in [0.1, 0.15) is 0 Å². The zero-order valence-corrected chi connectivity index (χ0v) is 7.53. The second-order valence-electron chi connectivity index (χ2n) is 3.11. The molecule has 2 rings (SSSR count). The molecule has 0 aliphatic carbocycles. The van der Waals surface area contributed by atoms with E-state index < -0.39 is 5.97 Å². The van der Waals surface area contributed by atoms with Crippen molar-refractivity contribution in [2.24, 2.45) is 0 Å². The summed E-state index contributed by atoms with van der Waals surface area (Å²) in [6.07, 6.45) is -0.0970. The monoisotopic (exact) mass is 187 g/mol. The number of carboxylic acids is 1. The summed E-state index contributed by atoms with van der Waals surface area (Å²) >= 11 is 0. The minimum Gasteiger partial charge on any atom is -0.481 e. The highest BCUT2D eigenvalue weighted by Gasteiger charge is 2.03. The summed E-state index contributed by atoms with van der Waals surface area (Å²) in [6, 6.07) is 11.3. The van der Waals surface area contributed by atoms with Gasteiger partial charge in [0.25, 0.3) is 0 Å². The Labute approximate surface area is 83.2 Å². The maximum atomic E-state index is 10.7. The van der Waals surface area contributed by atoms with Gasteiger partial charge in [0.2, 0.25) is 0 Å². The Balaban J connectivity index is 2.68. The molecule has 0 heterocycles. The largest absolute Gasteiger partial charge is 0.481 e. The van der Waals surface area contributed by atoms with Crippen molar-refractivity contribution in [3.8, 4) is 0 Å². The first-order valence-electron chi connectivity index (χ1n) is 4.87. The lowest BCUT2D eigenvalue weighted by atomic mass is 10.0. The van der Waals surface area contributed by atoms with Crippen molar-refractivity contribution >= 4 is 16.7 Å². The van der Waals surface area contributed by atoms with Gasteiger partial charge < -0.3 is 5.11 Å². The highest BCUT2D eigenvalue weighted by Crippen LogP contribution is 2.18. The van der Waals surface area contributed by atoms with Crippen molar-refractivity contribution in [2.45, 2.75) is 6.42 Å². The van der Waals surface area contributed by atoms with Crippen LogP contribution in [0.1, 0.15) is 6.93 Å². The maximum Gasteiger partial charge on any atom is 0.307 e. The number of fused-ring (bicyclic) bond motifs is 1. The van der Waals surface area contributed by atoms with Crippen LogP contribution in [0, 0.1) is 0 Å². The first-order valence-corrected chi connectivity index (χ1v) is 4.37. The van der Waals surface area contributed by atoms with Crippen LogP contribution in [0.4, 0.5) is 0 Å². The standard InChI is InChI=1S/C12H10O2/c13-12(14)8-10-6-3-5-9-4-1-2-7-11(9)10/h1-7H,8H2,(H,13,14)/i6D. The minimum absolute atomic E-state index is 0.0970. The van der Waals surface area contributed by atoms with Crippen LogP contribution in [0.15, 0.2) is 42.4 Å². The van der Waals surface area contributed by atoms with E-state index in [1.807, 2.05) is 30.3 Å². The van der Waals surface area contributed by atoms with Crippen molar-refractivity contribution in [1.82, 2.24) is 0 Å². The van der Waals surface area contributed by atoms with E-state index in [2.05, 4.69) is 0 Å². The smallest absolute Gasteiger partial charge is 0.307 e.